The molecule has 0 fully saturated rings. The van der Waals surface area contributed by atoms with Crippen molar-refractivity contribution in [1.29, 1.82) is 0 Å². The Morgan fingerprint density at radius 1 is 1.00 bits per heavy atom. The molecule has 0 saturated carbocycles. The highest BCUT2D eigenvalue weighted by Crippen LogP contribution is 2.31. The average Bonchev–Trinajstić information content (AvgIpc) is 2.95. The van der Waals surface area contributed by atoms with Crippen LogP contribution >= 0.6 is 11.3 Å². The van der Waals surface area contributed by atoms with E-state index in [1.54, 1.807) is 16.9 Å². The Hall–Kier alpha value is -1.87. The number of aromatic nitrogens is 1. The number of hydrogen-bond acceptors (Lipinski definition) is 3. The maximum atomic E-state index is 4.76. The predicted molar refractivity (Wildman–Crippen MR) is 94.9 cm³/mol. The highest BCUT2D eigenvalue weighted by Gasteiger charge is 2.12. The Labute approximate surface area is 135 Å². The summed E-state index contributed by atoms with van der Waals surface area (Å²) in [6.45, 7) is 0.934. The van der Waals surface area contributed by atoms with E-state index in [-0.39, 0.29) is 0 Å². The predicted octanol–water partition coefficient (Wildman–Crippen LogP) is 4.83. The lowest BCUT2D eigenvalue weighted by molar-refractivity contribution is 0.687. The summed E-state index contributed by atoms with van der Waals surface area (Å²) < 4.78 is 1.32. The van der Waals surface area contributed by atoms with Crippen molar-refractivity contribution in [3.05, 3.63) is 59.2 Å². The van der Waals surface area contributed by atoms with Crippen molar-refractivity contribution < 1.29 is 0 Å². The van der Waals surface area contributed by atoms with Crippen molar-refractivity contribution in [2.45, 2.75) is 32.1 Å². The fourth-order valence-electron chi connectivity index (χ4n) is 3.19. The van der Waals surface area contributed by atoms with Crippen LogP contribution in [0.2, 0.25) is 0 Å². The molecule has 1 aromatic heterocycles. The topological polar surface area (TPSA) is 24.9 Å². The van der Waals surface area contributed by atoms with Gasteiger partial charge in [0.05, 0.1) is 10.2 Å². The van der Waals surface area contributed by atoms with Crippen LogP contribution in [0.5, 0.6) is 0 Å². The Kier molecular flexibility index (Phi) is 3.81. The van der Waals surface area contributed by atoms with Crippen LogP contribution in [0.25, 0.3) is 10.2 Å². The molecule has 3 heteroatoms. The minimum Gasteiger partial charge on any atom is -0.361 e. The van der Waals surface area contributed by atoms with Crippen molar-refractivity contribution in [2.75, 3.05) is 11.9 Å². The second-order valence-electron chi connectivity index (χ2n) is 5.98. The van der Waals surface area contributed by atoms with Crippen LogP contribution in [0.4, 0.5) is 5.13 Å². The first-order valence-electron chi connectivity index (χ1n) is 8.09. The minimum absolute atomic E-state index is 0.934. The molecule has 1 aliphatic carbocycles. The van der Waals surface area contributed by atoms with Crippen molar-refractivity contribution in [2.24, 2.45) is 0 Å². The molecule has 0 bridgehead atoms. The van der Waals surface area contributed by atoms with Crippen LogP contribution in [0.15, 0.2) is 42.5 Å². The van der Waals surface area contributed by atoms with Gasteiger partial charge in [-0.25, -0.2) is 4.98 Å². The molecule has 1 heterocycles. The van der Waals surface area contributed by atoms with Crippen LogP contribution < -0.4 is 5.32 Å². The Morgan fingerprint density at radius 3 is 2.59 bits per heavy atom. The summed E-state index contributed by atoms with van der Waals surface area (Å²) in [5.74, 6) is 0. The van der Waals surface area contributed by atoms with E-state index < -0.39 is 0 Å². The zero-order valence-corrected chi connectivity index (χ0v) is 13.5. The molecule has 0 aliphatic heterocycles. The zero-order valence-electron chi connectivity index (χ0n) is 12.6. The van der Waals surface area contributed by atoms with Crippen molar-refractivity contribution >= 4 is 26.7 Å². The van der Waals surface area contributed by atoms with E-state index in [2.05, 4.69) is 47.8 Å². The van der Waals surface area contributed by atoms with Gasteiger partial charge in [-0.05, 0) is 60.9 Å². The number of aryl methyl sites for hydroxylation is 2. The van der Waals surface area contributed by atoms with Gasteiger partial charge in [0.1, 0.15) is 0 Å². The van der Waals surface area contributed by atoms with Gasteiger partial charge in [-0.3, -0.25) is 0 Å². The van der Waals surface area contributed by atoms with Gasteiger partial charge in [-0.1, -0.05) is 41.7 Å². The Balaban J connectivity index is 1.48. The second kappa shape index (κ2) is 6.09. The van der Waals surface area contributed by atoms with Crippen LogP contribution in [0, 0.1) is 0 Å². The number of nitrogens with zero attached hydrogens (tertiary/aromatic N) is 1. The van der Waals surface area contributed by atoms with E-state index in [1.807, 2.05) is 0 Å². The maximum absolute atomic E-state index is 4.76. The van der Waals surface area contributed by atoms with Crippen LogP contribution in [0.1, 0.15) is 29.5 Å². The zero-order chi connectivity index (χ0) is 14.8. The molecule has 0 atom stereocenters. The summed E-state index contributed by atoms with van der Waals surface area (Å²) in [6, 6.07) is 15.3. The summed E-state index contributed by atoms with van der Waals surface area (Å²) in [4.78, 5) is 4.76. The van der Waals surface area contributed by atoms with Gasteiger partial charge in [-0.15, -0.1) is 0 Å². The molecule has 0 saturated heterocycles. The fourth-order valence-corrected chi connectivity index (χ4v) is 4.13. The smallest absolute Gasteiger partial charge is 0.183 e. The number of nitrogens with one attached hydrogen (secondary N) is 1. The standard InChI is InChI=1S/C19H20N2S/c1-2-6-14(7-3-1)10-11-20-19-21-17-12-15-8-4-5-9-16(15)13-18(17)22-19/h1-3,6-7,12-13H,4-5,8-11H2,(H,20,21). The van der Waals surface area contributed by atoms with E-state index in [0.29, 0.717) is 0 Å². The first kappa shape index (κ1) is 13.8. The highest BCUT2D eigenvalue weighted by molar-refractivity contribution is 7.22. The van der Waals surface area contributed by atoms with Gasteiger partial charge in [0, 0.05) is 6.54 Å². The summed E-state index contributed by atoms with van der Waals surface area (Å²) in [6.07, 6.45) is 6.15. The van der Waals surface area contributed by atoms with Crippen LogP contribution in [-0.4, -0.2) is 11.5 Å². The van der Waals surface area contributed by atoms with Crippen molar-refractivity contribution in [3.63, 3.8) is 0 Å². The van der Waals surface area contributed by atoms with E-state index in [0.717, 1.165) is 23.6 Å². The molecule has 4 rings (SSSR count). The van der Waals surface area contributed by atoms with Gasteiger partial charge in [0.15, 0.2) is 5.13 Å². The van der Waals surface area contributed by atoms with Crippen molar-refractivity contribution in [3.8, 4) is 0 Å². The number of benzene rings is 2. The van der Waals surface area contributed by atoms with Crippen molar-refractivity contribution in [1.82, 2.24) is 4.98 Å². The minimum atomic E-state index is 0.934. The lowest BCUT2D eigenvalue weighted by atomic mass is 9.92. The molecule has 3 aromatic rings. The molecule has 2 nitrogen and oxygen atoms in total. The quantitative estimate of drug-likeness (QED) is 0.746. The van der Waals surface area contributed by atoms with E-state index in [9.17, 15) is 0 Å². The summed E-state index contributed by atoms with van der Waals surface area (Å²) in [7, 11) is 0. The average molecular weight is 308 g/mol. The number of fused-ring (bicyclic) bond motifs is 2. The third kappa shape index (κ3) is 2.86. The summed E-state index contributed by atoms with van der Waals surface area (Å²) in [5.41, 5.74) is 5.58. The van der Waals surface area contributed by atoms with E-state index in [4.69, 9.17) is 4.98 Å². The highest BCUT2D eigenvalue weighted by atomic mass is 32.1. The number of rotatable bonds is 4. The lowest BCUT2D eigenvalue weighted by Gasteiger charge is -2.14. The molecule has 1 aliphatic rings. The Bertz CT molecular complexity index is 734. The van der Waals surface area contributed by atoms with Gasteiger partial charge < -0.3 is 5.32 Å². The van der Waals surface area contributed by atoms with E-state index in [1.165, 1.54) is 41.5 Å². The molecule has 22 heavy (non-hydrogen) atoms. The molecule has 2 aromatic carbocycles. The van der Waals surface area contributed by atoms with Gasteiger partial charge in [-0.2, -0.15) is 0 Å². The molecule has 0 radical (unpaired) electrons. The molecule has 0 spiro atoms. The first-order valence-corrected chi connectivity index (χ1v) is 8.90. The van der Waals surface area contributed by atoms with Crippen LogP contribution in [0.3, 0.4) is 0 Å². The third-order valence-corrected chi connectivity index (χ3v) is 5.36. The first-order chi connectivity index (χ1) is 10.9. The number of hydrogen-bond donors (Lipinski definition) is 1. The monoisotopic (exact) mass is 308 g/mol. The van der Waals surface area contributed by atoms with Gasteiger partial charge in [0.25, 0.3) is 0 Å². The molecule has 1 N–H and O–H groups in total. The molecule has 0 amide bonds. The van der Waals surface area contributed by atoms with Gasteiger partial charge >= 0.3 is 0 Å². The maximum Gasteiger partial charge on any atom is 0.183 e. The number of anilines is 1. The molecule has 112 valence electrons. The van der Waals surface area contributed by atoms with E-state index >= 15 is 0 Å². The largest absolute Gasteiger partial charge is 0.361 e. The summed E-state index contributed by atoms with van der Waals surface area (Å²) in [5, 5.41) is 4.53. The Morgan fingerprint density at radius 2 is 1.77 bits per heavy atom. The fraction of sp³-hybridized carbons (Fsp3) is 0.316. The molecular weight excluding hydrogens is 288 g/mol. The number of thiazole rings is 1. The lowest BCUT2D eigenvalue weighted by Crippen LogP contribution is -2.04. The molecular formula is C19H20N2S. The second-order valence-corrected chi connectivity index (χ2v) is 7.01. The van der Waals surface area contributed by atoms with Crippen LogP contribution in [-0.2, 0) is 19.3 Å². The molecule has 0 unspecified atom stereocenters. The normalized spacial score (nSPS) is 14.0. The summed E-state index contributed by atoms with van der Waals surface area (Å²) >= 11 is 1.78. The SMILES string of the molecule is c1ccc(CCNc2nc3cc4c(cc3s2)CCCC4)cc1. The third-order valence-electron chi connectivity index (χ3n) is 4.38. The van der Waals surface area contributed by atoms with Gasteiger partial charge in [0.2, 0.25) is 0 Å².